The molecule has 0 spiro atoms. The number of rotatable bonds is 6. The maximum Gasteiger partial charge on any atom is 0.234 e. The van der Waals surface area contributed by atoms with Crippen molar-refractivity contribution < 1.29 is 9.53 Å². The zero-order valence-corrected chi connectivity index (χ0v) is 14.6. The third kappa shape index (κ3) is 5.60. The van der Waals surface area contributed by atoms with E-state index in [1.165, 1.54) is 24.8 Å². The van der Waals surface area contributed by atoms with Gasteiger partial charge < -0.3 is 10.1 Å². The van der Waals surface area contributed by atoms with Crippen molar-refractivity contribution in [2.75, 3.05) is 19.6 Å². The molecule has 4 heteroatoms. The summed E-state index contributed by atoms with van der Waals surface area (Å²) in [6.07, 6.45) is 8.51. The van der Waals surface area contributed by atoms with Crippen LogP contribution in [0.2, 0.25) is 0 Å². The van der Waals surface area contributed by atoms with Crippen LogP contribution in [-0.4, -0.2) is 42.6 Å². The molecule has 2 aliphatic rings. The second-order valence-corrected chi connectivity index (χ2v) is 7.17. The van der Waals surface area contributed by atoms with Crippen LogP contribution in [0.25, 0.3) is 0 Å². The van der Waals surface area contributed by atoms with Gasteiger partial charge in [0.2, 0.25) is 5.91 Å². The van der Waals surface area contributed by atoms with Gasteiger partial charge in [-0.05, 0) is 31.2 Å². The van der Waals surface area contributed by atoms with E-state index in [2.05, 4.69) is 22.3 Å². The van der Waals surface area contributed by atoms with Crippen molar-refractivity contribution in [3.05, 3.63) is 35.9 Å². The molecule has 0 bridgehead atoms. The van der Waals surface area contributed by atoms with E-state index in [1.807, 2.05) is 18.2 Å². The number of ether oxygens (including phenoxy) is 1. The van der Waals surface area contributed by atoms with Crippen LogP contribution < -0.4 is 5.32 Å². The van der Waals surface area contributed by atoms with Crippen molar-refractivity contribution in [1.82, 2.24) is 10.2 Å². The average molecular weight is 330 g/mol. The van der Waals surface area contributed by atoms with Gasteiger partial charge >= 0.3 is 0 Å². The third-order valence-electron chi connectivity index (χ3n) is 5.20. The molecular weight excluding hydrogens is 300 g/mol. The van der Waals surface area contributed by atoms with Crippen LogP contribution in [0.1, 0.15) is 50.5 Å². The van der Waals surface area contributed by atoms with Crippen molar-refractivity contribution in [3.63, 3.8) is 0 Å². The molecule has 1 aromatic carbocycles. The second-order valence-electron chi connectivity index (χ2n) is 7.17. The fraction of sp³-hybridized carbons (Fsp3) is 0.650. The van der Waals surface area contributed by atoms with Gasteiger partial charge in [-0.1, -0.05) is 49.6 Å². The van der Waals surface area contributed by atoms with Crippen LogP contribution in [-0.2, 0) is 16.1 Å². The first-order chi connectivity index (χ1) is 11.8. The number of nitrogens with one attached hydrogen (secondary N) is 1. The lowest BCUT2D eigenvalue weighted by Crippen LogP contribution is -2.46. The quantitative estimate of drug-likeness (QED) is 0.871. The molecule has 1 heterocycles. The van der Waals surface area contributed by atoms with Gasteiger partial charge in [-0.2, -0.15) is 0 Å². The molecule has 1 saturated carbocycles. The number of piperidine rings is 1. The molecule has 1 N–H and O–H groups in total. The molecule has 4 nitrogen and oxygen atoms in total. The van der Waals surface area contributed by atoms with Crippen LogP contribution in [0, 0.1) is 0 Å². The lowest BCUT2D eigenvalue weighted by molar-refractivity contribution is -0.124. The van der Waals surface area contributed by atoms with E-state index in [4.69, 9.17) is 4.74 Å². The summed E-state index contributed by atoms with van der Waals surface area (Å²) in [5, 5.41) is 3.21. The highest BCUT2D eigenvalue weighted by Crippen LogP contribution is 2.18. The first-order valence-electron chi connectivity index (χ1n) is 9.47. The highest BCUT2D eigenvalue weighted by atomic mass is 16.5. The molecule has 24 heavy (non-hydrogen) atoms. The van der Waals surface area contributed by atoms with Crippen molar-refractivity contribution >= 4 is 5.91 Å². The van der Waals surface area contributed by atoms with E-state index in [9.17, 15) is 4.79 Å². The number of likely N-dealkylation sites (tertiary alicyclic amines) is 1. The number of nitrogens with zero attached hydrogens (tertiary/aromatic N) is 1. The lowest BCUT2D eigenvalue weighted by Gasteiger charge is -2.32. The van der Waals surface area contributed by atoms with Crippen LogP contribution in [0.15, 0.2) is 30.3 Å². The summed E-state index contributed by atoms with van der Waals surface area (Å²) in [6.45, 7) is 3.14. The molecule has 1 aromatic rings. The summed E-state index contributed by atoms with van der Waals surface area (Å²) in [4.78, 5) is 14.5. The van der Waals surface area contributed by atoms with Crippen LogP contribution in [0.4, 0.5) is 0 Å². The Morgan fingerprint density at radius 3 is 2.46 bits per heavy atom. The molecule has 0 atom stereocenters. The molecule has 1 amide bonds. The van der Waals surface area contributed by atoms with E-state index in [0.29, 0.717) is 25.3 Å². The van der Waals surface area contributed by atoms with Gasteiger partial charge in [0.25, 0.3) is 0 Å². The molecule has 1 aliphatic heterocycles. The maximum atomic E-state index is 12.2. The van der Waals surface area contributed by atoms with Crippen LogP contribution in [0.3, 0.4) is 0 Å². The number of amides is 1. The predicted octanol–water partition coefficient (Wildman–Crippen LogP) is 3.12. The van der Waals surface area contributed by atoms with Crippen molar-refractivity contribution in [3.8, 4) is 0 Å². The minimum absolute atomic E-state index is 0.200. The van der Waals surface area contributed by atoms with Crippen molar-refractivity contribution in [2.45, 2.75) is 63.7 Å². The molecule has 1 aliphatic carbocycles. The Morgan fingerprint density at radius 2 is 1.75 bits per heavy atom. The van der Waals surface area contributed by atoms with E-state index in [1.54, 1.807) is 0 Å². The Hall–Kier alpha value is -1.39. The molecule has 132 valence electrons. The zero-order chi connectivity index (χ0) is 16.6. The first kappa shape index (κ1) is 17.4. The maximum absolute atomic E-state index is 12.2. The van der Waals surface area contributed by atoms with Gasteiger partial charge in [0.1, 0.15) is 0 Å². The Kier molecular flexibility index (Phi) is 6.67. The summed E-state index contributed by atoms with van der Waals surface area (Å²) in [5.41, 5.74) is 1.23. The molecule has 0 unspecified atom stereocenters. The predicted molar refractivity (Wildman–Crippen MR) is 95.7 cm³/mol. The van der Waals surface area contributed by atoms with E-state index < -0.39 is 0 Å². The van der Waals surface area contributed by atoms with Gasteiger partial charge in [0, 0.05) is 19.1 Å². The SMILES string of the molecule is O=C(CN1CCC(OCc2ccccc2)CC1)NC1CCCCC1. The Labute approximate surface area is 145 Å². The van der Waals surface area contributed by atoms with E-state index in [-0.39, 0.29) is 5.91 Å². The molecule has 0 aromatic heterocycles. The number of hydrogen-bond acceptors (Lipinski definition) is 3. The summed E-state index contributed by atoms with van der Waals surface area (Å²) >= 11 is 0. The van der Waals surface area contributed by atoms with Gasteiger partial charge in [-0.25, -0.2) is 0 Å². The molecule has 0 radical (unpaired) electrons. The third-order valence-corrected chi connectivity index (χ3v) is 5.20. The van der Waals surface area contributed by atoms with Crippen LogP contribution in [0.5, 0.6) is 0 Å². The number of benzene rings is 1. The molecule has 1 saturated heterocycles. The van der Waals surface area contributed by atoms with Gasteiger partial charge in [0.05, 0.1) is 19.3 Å². The highest BCUT2D eigenvalue weighted by molar-refractivity contribution is 5.78. The van der Waals surface area contributed by atoms with Crippen molar-refractivity contribution in [1.29, 1.82) is 0 Å². The summed E-state index contributed by atoms with van der Waals surface area (Å²) in [5.74, 6) is 0.200. The van der Waals surface area contributed by atoms with Crippen molar-refractivity contribution in [2.24, 2.45) is 0 Å². The largest absolute Gasteiger partial charge is 0.373 e. The second kappa shape index (κ2) is 9.19. The Bertz CT molecular complexity index is 492. The summed E-state index contributed by atoms with van der Waals surface area (Å²) < 4.78 is 6.02. The Balaban J connectivity index is 1.32. The fourth-order valence-corrected chi connectivity index (χ4v) is 3.75. The molecular formula is C20H30N2O2. The number of carbonyl (C=O) groups is 1. The minimum Gasteiger partial charge on any atom is -0.373 e. The first-order valence-corrected chi connectivity index (χ1v) is 9.47. The minimum atomic E-state index is 0.200. The zero-order valence-electron chi connectivity index (χ0n) is 14.6. The smallest absolute Gasteiger partial charge is 0.234 e. The summed E-state index contributed by atoms with van der Waals surface area (Å²) in [6, 6.07) is 10.7. The molecule has 3 rings (SSSR count). The Morgan fingerprint density at radius 1 is 1.04 bits per heavy atom. The normalized spacial score (nSPS) is 20.8. The van der Waals surface area contributed by atoms with Crippen LogP contribution >= 0.6 is 0 Å². The number of hydrogen-bond donors (Lipinski definition) is 1. The standard InChI is InChI=1S/C20H30N2O2/c23-20(21-18-9-5-2-6-10-18)15-22-13-11-19(12-14-22)24-16-17-7-3-1-4-8-17/h1,3-4,7-8,18-19H,2,5-6,9-16H2,(H,21,23). The van der Waals surface area contributed by atoms with Gasteiger partial charge in [-0.15, -0.1) is 0 Å². The number of carbonyl (C=O) groups excluding carboxylic acids is 1. The molecule has 2 fully saturated rings. The van der Waals surface area contributed by atoms with E-state index in [0.717, 1.165) is 38.8 Å². The monoisotopic (exact) mass is 330 g/mol. The average Bonchev–Trinajstić information content (AvgIpc) is 2.63. The summed E-state index contributed by atoms with van der Waals surface area (Å²) in [7, 11) is 0. The lowest BCUT2D eigenvalue weighted by atomic mass is 9.95. The topological polar surface area (TPSA) is 41.6 Å². The fourth-order valence-electron chi connectivity index (χ4n) is 3.75. The van der Waals surface area contributed by atoms with Gasteiger partial charge in [-0.3, -0.25) is 9.69 Å². The van der Waals surface area contributed by atoms with Gasteiger partial charge in [0.15, 0.2) is 0 Å². The van der Waals surface area contributed by atoms with E-state index >= 15 is 0 Å². The highest BCUT2D eigenvalue weighted by Gasteiger charge is 2.22.